The van der Waals surface area contributed by atoms with Crippen molar-refractivity contribution in [2.75, 3.05) is 0 Å². The van der Waals surface area contributed by atoms with Crippen LogP contribution in [0.4, 0.5) is 0 Å². The van der Waals surface area contributed by atoms with E-state index < -0.39 is 8.80 Å². The van der Waals surface area contributed by atoms with Crippen LogP contribution < -0.4 is 5.19 Å². The van der Waals surface area contributed by atoms with Crippen molar-refractivity contribution < 1.29 is 29.1 Å². The van der Waals surface area contributed by atoms with Gasteiger partial charge in [-0.2, -0.15) is 23.4 Å². The van der Waals surface area contributed by atoms with E-state index in [1.165, 1.54) is 33.0 Å². The maximum atomic E-state index is 3.80. The molecule has 0 saturated carbocycles. The summed E-state index contributed by atoms with van der Waals surface area (Å²) in [7, 11) is -0.466. The molecule has 2 aliphatic carbocycles. The second-order valence-corrected chi connectivity index (χ2v) is 9.07. The van der Waals surface area contributed by atoms with Crippen molar-refractivity contribution in [3.05, 3.63) is 76.9 Å². The van der Waals surface area contributed by atoms with Crippen LogP contribution in [0.15, 0.2) is 59.7 Å². The van der Waals surface area contributed by atoms with Crippen molar-refractivity contribution in [2.45, 2.75) is 32.4 Å². The number of allylic oxidation sites excluding steroid dienone is 4. The Balaban J connectivity index is 0.00000104. The van der Waals surface area contributed by atoms with Gasteiger partial charge in [0.1, 0.15) is 0 Å². The molecule has 2 heteroatoms. The van der Waals surface area contributed by atoms with Gasteiger partial charge in [-0.15, -0.1) is 11.1 Å². The third-order valence-electron chi connectivity index (χ3n) is 4.93. The summed E-state index contributed by atoms with van der Waals surface area (Å²) in [5.41, 5.74) is 8.65. The van der Waals surface area contributed by atoms with Crippen LogP contribution in [0.1, 0.15) is 33.2 Å². The van der Waals surface area contributed by atoms with Gasteiger partial charge in [0.2, 0.25) is 0 Å². The molecule has 0 spiro atoms. The summed E-state index contributed by atoms with van der Waals surface area (Å²) in [6.45, 7) is 6.95. The zero-order chi connectivity index (χ0) is 15.3. The molecule has 4 rings (SSSR count). The minimum atomic E-state index is -0.466. The van der Waals surface area contributed by atoms with E-state index in [-0.39, 0.29) is 29.1 Å². The van der Waals surface area contributed by atoms with Crippen molar-refractivity contribution in [3.63, 3.8) is 0 Å². The smallest absolute Gasteiger partial charge is 1.00 e. The van der Waals surface area contributed by atoms with Crippen LogP contribution in [-0.4, -0.2) is 8.80 Å². The Morgan fingerprint density at radius 1 is 1.09 bits per heavy atom. The molecule has 114 valence electrons. The van der Waals surface area contributed by atoms with E-state index in [9.17, 15) is 0 Å². The Morgan fingerprint density at radius 2 is 1.87 bits per heavy atom. The van der Waals surface area contributed by atoms with Crippen LogP contribution in [-0.2, 0) is 26.2 Å². The first kappa shape index (κ1) is 16.9. The molecule has 0 aliphatic heterocycles. The van der Waals surface area contributed by atoms with Crippen LogP contribution >= 0.6 is 0 Å². The van der Waals surface area contributed by atoms with Crippen LogP contribution in [0, 0.1) is 6.07 Å². The number of benzene rings is 2. The van der Waals surface area contributed by atoms with Crippen molar-refractivity contribution in [2.24, 2.45) is 0 Å². The largest absolute Gasteiger partial charge is 3.00 e. The summed E-state index contributed by atoms with van der Waals surface area (Å²) in [5, 5.41) is 1.42. The molecule has 0 nitrogen and oxygen atoms in total. The molecule has 2 aliphatic rings. The van der Waals surface area contributed by atoms with Crippen molar-refractivity contribution >= 4 is 14.0 Å². The van der Waals surface area contributed by atoms with E-state index in [0.29, 0.717) is 5.92 Å². The quantitative estimate of drug-likeness (QED) is 0.494. The molecule has 0 heterocycles. The van der Waals surface area contributed by atoms with Gasteiger partial charge in [-0.25, -0.2) is 0 Å². The summed E-state index contributed by atoms with van der Waals surface area (Å²) in [4.78, 5) is 0. The first-order chi connectivity index (χ1) is 10.7. The summed E-state index contributed by atoms with van der Waals surface area (Å²) < 4.78 is 0. The molecule has 0 bridgehead atoms. The third kappa shape index (κ3) is 2.71. The topological polar surface area (TPSA) is 0 Å². The van der Waals surface area contributed by atoms with Gasteiger partial charge in [0.15, 0.2) is 0 Å². The van der Waals surface area contributed by atoms with E-state index in [4.69, 9.17) is 0 Å². The molecule has 0 fully saturated rings. The maximum absolute atomic E-state index is 3.80. The maximum Gasteiger partial charge on any atom is 3.00 e. The fourth-order valence-corrected chi connectivity index (χ4v) is 4.55. The Kier molecular flexibility index (Phi) is 4.76. The summed E-state index contributed by atoms with van der Waals surface area (Å²) in [6.07, 6.45) is 5.65. The van der Waals surface area contributed by atoms with E-state index in [1.807, 2.05) is 0 Å². The Hall–Kier alpha value is -0.980. The van der Waals surface area contributed by atoms with Gasteiger partial charge in [0, 0.05) is 5.92 Å². The van der Waals surface area contributed by atoms with E-state index >= 15 is 0 Å². The predicted molar refractivity (Wildman–Crippen MR) is 98.4 cm³/mol. The fraction of sp³-hybridized carbons (Fsp3) is 0.238. The Bertz CT molecular complexity index is 824. The summed E-state index contributed by atoms with van der Waals surface area (Å²) in [6, 6.07) is 17.3. The van der Waals surface area contributed by atoms with Crippen LogP contribution in [0.2, 0.25) is 13.1 Å². The average Bonchev–Trinajstić information content (AvgIpc) is 3.07. The van der Waals surface area contributed by atoms with Gasteiger partial charge in [-0.3, -0.25) is 0 Å². The van der Waals surface area contributed by atoms with E-state index in [1.54, 1.807) is 5.57 Å². The molecule has 23 heavy (non-hydrogen) atoms. The number of hydrogen-bond donors (Lipinski definition) is 0. The Morgan fingerprint density at radius 3 is 2.57 bits per heavy atom. The molecule has 0 amide bonds. The minimum absolute atomic E-state index is 0. The third-order valence-corrected chi connectivity index (χ3v) is 6.30. The first-order valence-corrected chi connectivity index (χ1v) is 10.5. The molecule has 2 aromatic carbocycles. The van der Waals surface area contributed by atoms with Crippen LogP contribution in [0.3, 0.4) is 0 Å². The second-order valence-electron chi connectivity index (χ2n) is 6.53. The van der Waals surface area contributed by atoms with Crippen LogP contribution in [0.5, 0.6) is 0 Å². The minimum Gasteiger partial charge on any atom is -1.00 e. The van der Waals surface area contributed by atoms with Gasteiger partial charge in [-0.05, 0) is 18.9 Å². The molecule has 2 aromatic rings. The monoisotopic (exact) mass is 392 g/mol. The van der Waals surface area contributed by atoms with E-state index in [0.717, 1.165) is 6.42 Å². The van der Waals surface area contributed by atoms with Gasteiger partial charge in [-0.1, -0.05) is 66.2 Å². The molecule has 0 saturated heterocycles. The number of hydrogen-bond acceptors (Lipinski definition) is 0. The molecule has 2 radical (unpaired) electrons. The normalized spacial score (nSPS) is 18.2. The molecule has 0 aromatic heterocycles. The predicted octanol–water partition coefficient (Wildman–Crippen LogP) is 5.06. The molecule has 1 atom stereocenters. The molecular weight excluding hydrogens is 372 g/mol. The molecule has 1 unspecified atom stereocenters. The van der Waals surface area contributed by atoms with Crippen LogP contribution in [0.25, 0.3) is 11.1 Å². The molecular formula is C21H22SiZr. The van der Waals surface area contributed by atoms with Gasteiger partial charge >= 0.3 is 26.2 Å². The standard InChI is InChI=1S/C21H20Si.Zr.2H/c1-14-7-6-10-16(14)21-19-9-5-4-8-17(19)18-12-11-15(22(2)3)13-20(18)21;;;/h4-9,11-12,21H,10H2,1-3H3;;;/q-1;+3;2*-1. The zero-order valence-corrected chi connectivity index (χ0v) is 17.4. The number of rotatable bonds is 2. The van der Waals surface area contributed by atoms with Gasteiger partial charge in [0.05, 0.1) is 8.80 Å². The summed E-state index contributed by atoms with van der Waals surface area (Å²) >= 11 is 0. The van der Waals surface area contributed by atoms with E-state index in [2.05, 4.69) is 74.6 Å². The van der Waals surface area contributed by atoms with Crippen molar-refractivity contribution in [3.8, 4) is 11.1 Å². The summed E-state index contributed by atoms with van der Waals surface area (Å²) in [5.74, 6) is 0.405. The van der Waals surface area contributed by atoms with Crippen molar-refractivity contribution in [1.29, 1.82) is 0 Å². The fourth-order valence-electron chi connectivity index (χ4n) is 3.75. The average molecular weight is 394 g/mol. The van der Waals surface area contributed by atoms with Crippen molar-refractivity contribution in [1.82, 2.24) is 0 Å². The van der Waals surface area contributed by atoms with Gasteiger partial charge in [0.25, 0.3) is 0 Å². The first-order valence-electron chi connectivity index (χ1n) is 7.99. The second kappa shape index (κ2) is 6.49. The van der Waals surface area contributed by atoms with Gasteiger partial charge < -0.3 is 2.85 Å². The Labute approximate surface area is 163 Å². The zero-order valence-electron chi connectivity index (χ0n) is 15.9. The number of fused-ring (bicyclic) bond motifs is 3. The SMILES string of the molecule is CC1=C(C2c3[c-]c([Si](C)C)ccc3-c3ccccc32)CC=C1.[H-].[H-].[Zr+3]. The molecule has 0 N–H and O–H groups in total.